The van der Waals surface area contributed by atoms with E-state index in [9.17, 15) is 0 Å². The standard InChI is InChI=1S/C12H27NO/c1-5-6-7-8-9-10(2)14-12(4)11(3)13/h10-12H,5-9,13H2,1-4H3/t10?,11-,12?/m1/s1. The Hall–Kier alpha value is -0.0800. The van der Waals surface area contributed by atoms with Crippen molar-refractivity contribution >= 4 is 0 Å². The fourth-order valence-corrected chi connectivity index (χ4v) is 1.42. The number of ether oxygens (including phenoxy) is 1. The van der Waals surface area contributed by atoms with Gasteiger partial charge < -0.3 is 10.5 Å². The molecule has 0 heterocycles. The molecule has 2 N–H and O–H groups in total. The smallest absolute Gasteiger partial charge is 0.0698 e. The SMILES string of the molecule is CCCCCCC(C)OC(C)[C@@H](C)N. The first-order valence-corrected chi connectivity index (χ1v) is 5.99. The van der Waals surface area contributed by atoms with Crippen LogP contribution in [0.15, 0.2) is 0 Å². The first-order chi connectivity index (χ1) is 6.57. The lowest BCUT2D eigenvalue weighted by molar-refractivity contribution is -0.00713. The van der Waals surface area contributed by atoms with E-state index in [-0.39, 0.29) is 12.1 Å². The summed E-state index contributed by atoms with van der Waals surface area (Å²) in [5.41, 5.74) is 5.74. The van der Waals surface area contributed by atoms with Crippen LogP contribution >= 0.6 is 0 Å². The Morgan fingerprint density at radius 3 is 2.21 bits per heavy atom. The van der Waals surface area contributed by atoms with Crippen LogP contribution in [-0.4, -0.2) is 18.2 Å². The van der Waals surface area contributed by atoms with Crippen LogP contribution in [0.4, 0.5) is 0 Å². The maximum Gasteiger partial charge on any atom is 0.0698 e. The Balaban J connectivity index is 3.40. The molecule has 0 aromatic heterocycles. The van der Waals surface area contributed by atoms with Gasteiger partial charge in [-0.1, -0.05) is 32.6 Å². The van der Waals surface area contributed by atoms with Crippen molar-refractivity contribution in [3.8, 4) is 0 Å². The van der Waals surface area contributed by atoms with Crippen molar-refractivity contribution in [2.75, 3.05) is 0 Å². The minimum absolute atomic E-state index is 0.132. The third-order valence-electron chi connectivity index (χ3n) is 2.65. The quantitative estimate of drug-likeness (QED) is 0.612. The second-order valence-electron chi connectivity index (χ2n) is 4.36. The first kappa shape index (κ1) is 13.9. The molecule has 0 saturated carbocycles. The second-order valence-corrected chi connectivity index (χ2v) is 4.36. The van der Waals surface area contributed by atoms with Crippen LogP contribution in [0.2, 0.25) is 0 Å². The lowest BCUT2D eigenvalue weighted by Crippen LogP contribution is -2.33. The monoisotopic (exact) mass is 201 g/mol. The van der Waals surface area contributed by atoms with Crippen molar-refractivity contribution in [2.24, 2.45) is 5.73 Å². The zero-order valence-corrected chi connectivity index (χ0v) is 10.3. The van der Waals surface area contributed by atoms with E-state index in [4.69, 9.17) is 10.5 Å². The zero-order valence-electron chi connectivity index (χ0n) is 10.3. The minimum Gasteiger partial charge on any atom is -0.374 e. The van der Waals surface area contributed by atoms with E-state index in [1.54, 1.807) is 0 Å². The van der Waals surface area contributed by atoms with Crippen molar-refractivity contribution < 1.29 is 4.74 Å². The Morgan fingerprint density at radius 2 is 1.71 bits per heavy atom. The van der Waals surface area contributed by atoms with E-state index in [2.05, 4.69) is 13.8 Å². The van der Waals surface area contributed by atoms with Gasteiger partial charge in [0.15, 0.2) is 0 Å². The van der Waals surface area contributed by atoms with Gasteiger partial charge in [0.2, 0.25) is 0 Å². The molecule has 2 heteroatoms. The van der Waals surface area contributed by atoms with Gasteiger partial charge in [-0.2, -0.15) is 0 Å². The van der Waals surface area contributed by atoms with Crippen molar-refractivity contribution in [2.45, 2.75) is 78.0 Å². The summed E-state index contributed by atoms with van der Waals surface area (Å²) in [5, 5.41) is 0. The molecule has 0 amide bonds. The molecule has 0 aliphatic rings. The van der Waals surface area contributed by atoms with Gasteiger partial charge in [-0.05, 0) is 27.2 Å². The molecule has 0 spiro atoms. The van der Waals surface area contributed by atoms with Gasteiger partial charge in [0.25, 0.3) is 0 Å². The fraction of sp³-hybridized carbons (Fsp3) is 1.00. The number of rotatable bonds is 8. The van der Waals surface area contributed by atoms with Crippen LogP contribution in [-0.2, 0) is 4.74 Å². The summed E-state index contributed by atoms with van der Waals surface area (Å²) in [5.74, 6) is 0. The molecule has 0 fully saturated rings. The minimum atomic E-state index is 0.132. The molecule has 0 rings (SSSR count). The van der Waals surface area contributed by atoms with Gasteiger partial charge in [0.1, 0.15) is 0 Å². The third-order valence-corrected chi connectivity index (χ3v) is 2.65. The van der Waals surface area contributed by atoms with E-state index < -0.39 is 0 Å². The first-order valence-electron chi connectivity index (χ1n) is 5.99. The predicted octanol–water partition coefficient (Wildman–Crippen LogP) is 3.10. The lowest BCUT2D eigenvalue weighted by atomic mass is 10.1. The van der Waals surface area contributed by atoms with E-state index in [1.165, 1.54) is 25.7 Å². The summed E-state index contributed by atoms with van der Waals surface area (Å²) in [7, 11) is 0. The Kier molecular flexibility index (Phi) is 8.20. The number of hydrogen-bond donors (Lipinski definition) is 1. The highest BCUT2D eigenvalue weighted by molar-refractivity contribution is 4.64. The topological polar surface area (TPSA) is 35.2 Å². The van der Waals surface area contributed by atoms with Gasteiger partial charge in [-0.3, -0.25) is 0 Å². The molecule has 0 aromatic carbocycles. The van der Waals surface area contributed by atoms with Crippen LogP contribution in [0.3, 0.4) is 0 Å². The fourth-order valence-electron chi connectivity index (χ4n) is 1.42. The average Bonchev–Trinajstić information content (AvgIpc) is 2.12. The van der Waals surface area contributed by atoms with Crippen LogP contribution < -0.4 is 5.73 Å². The highest BCUT2D eigenvalue weighted by Gasteiger charge is 2.11. The molecule has 2 unspecified atom stereocenters. The normalized spacial score (nSPS) is 17.8. The highest BCUT2D eigenvalue weighted by atomic mass is 16.5. The van der Waals surface area contributed by atoms with Crippen LogP contribution in [0.25, 0.3) is 0 Å². The van der Waals surface area contributed by atoms with E-state index in [0.717, 1.165) is 6.42 Å². The van der Waals surface area contributed by atoms with Gasteiger partial charge >= 0.3 is 0 Å². The summed E-state index contributed by atoms with van der Waals surface area (Å²) >= 11 is 0. The predicted molar refractivity (Wildman–Crippen MR) is 62.4 cm³/mol. The molecule has 3 atom stereocenters. The maximum absolute atomic E-state index is 5.77. The maximum atomic E-state index is 5.77. The van der Waals surface area contributed by atoms with E-state index in [0.29, 0.717) is 6.10 Å². The van der Waals surface area contributed by atoms with Crippen molar-refractivity contribution in [1.82, 2.24) is 0 Å². The molecule has 14 heavy (non-hydrogen) atoms. The number of hydrogen-bond acceptors (Lipinski definition) is 2. The average molecular weight is 201 g/mol. The molecule has 0 aliphatic carbocycles. The third kappa shape index (κ3) is 7.34. The van der Waals surface area contributed by atoms with Gasteiger partial charge in [0.05, 0.1) is 12.2 Å². The molecule has 0 bridgehead atoms. The second kappa shape index (κ2) is 8.25. The summed E-state index contributed by atoms with van der Waals surface area (Å²) in [6.45, 7) is 8.42. The van der Waals surface area contributed by atoms with Crippen molar-refractivity contribution in [3.63, 3.8) is 0 Å². The summed E-state index contributed by atoms with van der Waals surface area (Å²) in [4.78, 5) is 0. The Bertz CT molecular complexity index is 125. The molecule has 86 valence electrons. The van der Waals surface area contributed by atoms with Crippen LogP contribution in [0.1, 0.15) is 59.8 Å². The highest BCUT2D eigenvalue weighted by Crippen LogP contribution is 2.10. The Labute approximate surface area is 89.2 Å². The summed E-state index contributed by atoms with van der Waals surface area (Å²) < 4.78 is 5.77. The van der Waals surface area contributed by atoms with Crippen molar-refractivity contribution in [1.29, 1.82) is 0 Å². The Morgan fingerprint density at radius 1 is 1.07 bits per heavy atom. The van der Waals surface area contributed by atoms with Gasteiger partial charge in [-0.15, -0.1) is 0 Å². The lowest BCUT2D eigenvalue weighted by Gasteiger charge is -2.21. The molecule has 0 saturated heterocycles. The molecule has 2 nitrogen and oxygen atoms in total. The molecule has 0 aliphatic heterocycles. The van der Waals surface area contributed by atoms with Crippen LogP contribution in [0.5, 0.6) is 0 Å². The largest absolute Gasteiger partial charge is 0.374 e. The number of unbranched alkanes of at least 4 members (excludes halogenated alkanes) is 3. The van der Waals surface area contributed by atoms with Gasteiger partial charge in [0, 0.05) is 6.04 Å². The summed E-state index contributed by atoms with van der Waals surface area (Å²) in [6.07, 6.45) is 6.94. The molecular weight excluding hydrogens is 174 g/mol. The molecule has 0 aromatic rings. The molecule has 0 radical (unpaired) electrons. The number of nitrogens with two attached hydrogens (primary N) is 1. The van der Waals surface area contributed by atoms with Gasteiger partial charge in [-0.25, -0.2) is 0 Å². The summed E-state index contributed by atoms with van der Waals surface area (Å²) in [6, 6.07) is 0.132. The zero-order chi connectivity index (χ0) is 11.0. The van der Waals surface area contributed by atoms with E-state index >= 15 is 0 Å². The van der Waals surface area contributed by atoms with Crippen molar-refractivity contribution in [3.05, 3.63) is 0 Å². The van der Waals surface area contributed by atoms with Crippen LogP contribution in [0, 0.1) is 0 Å². The van der Waals surface area contributed by atoms with E-state index in [1.807, 2.05) is 13.8 Å². The molecular formula is C12H27NO.